The number of rotatable bonds is 8. The van der Waals surface area contributed by atoms with Crippen molar-refractivity contribution in [1.82, 2.24) is 5.32 Å². The third-order valence-corrected chi connectivity index (χ3v) is 6.00. The van der Waals surface area contributed by atoms with Gasteiger partial charge in [-0.15, -0.1) is 11.3 Å². The molecule has 0 saturated carbocycles. The van der Waals surface area contributed by atoms with Gasteiger partial charge in [0.1, 0.15) is 11.5 Å². The predicted molar refractivity (Wildman–Crippen MR) is 102 cm³/mol. The van der Waals surface area contributed by atoms with Crippen molar-refractivity contribution in [2.45, 2.75) is 17.1 Å². The SMILES string of the molecule is COc1ccc([S@](=O)Cc2ccc(C(=O)NCCc3cccs3)o2)cc1. The highest BCUT2D eigenvalue weighted by molar-refractivity contribution is 7.84. The average molecular weight is 389 g/mol. The van der Waals surface area contributed by atoms with Crippen molar-refractivity contribution in [2.24, 2.45) is 0 Å². The van der Waals surface area contributed by atoms with E-state index in [4.69, 9.17) is 9.15 Å². The number of furan rings is 1. The van der Waals surface area contributed by atoms with E-state index >= 15 is 0 Å². The van der Waals surface area contributed by atoms with E-state index in [1.807, 2.05) is 17.5 Å². The Bertz CT molecular complexity index is 869. The van der Waals surface area contributed by atoms with Gasteiger partial charge in [0.2, 0.25) is 0 Å². The Morgan fingerprint density at radius 1 is 1.19 bits per heavy atom. The molecule has 0 unspecified atom stereocenters. The van der Waals surface area contributed by atoms with Gasteiger partial charge in [0, 0.05) is 16.3 Å². The molecule has 5 nitrogen and oxygen atoms in total. The molecule has 7 heteroatoms. The van der Waals surface area contributed by atoms with Crippen molar-refractivity contribution in [3.63, 3.8) is 0 Å². The molecule has 3 aromatic rings. The van der Waals surface area contributed by atoms with Gasteiger partial charge in [-0.05, 0) is 54.3 Å². The second-order valence-corrected chi connectivity index (χ2v) is 8.00. The zero-order chi connectivity index (χ0) is 18.4. The molecule has 136 valence electrons. The summed E-state index contributed by atoms with van der Waals surface area (Å²) in [5.41, 5.74) is 0. The molecule has 0 saturated heterocycles. The highest BCUT2D eigenvalue weighted by Gasteiger charge is 2.13. The van der Waals surface area contributed by atoms with Crippen LogP contribution in [0.2, 0.25) is 0 Å². The molecule has 1 aromatic carbocycles. The summed E-state index contributed by atoms with van der Waals surface area (Å²) >= 11 is 1.67. The molecule has 26 heavy (non-hydrogen) atoms. The summed E-state index contributed by atoms with van der Waals surface area (Å²) in [6.07, 6.45) is 0.790. The van der Waals surface area contributed by atoms with Crippen LogP contribution in [0.5, 0.6) is 5.75 Å². The predicted octanol–water partition coefficient (Wildman–Crippen LogP) is 3.63. The molecular weight excluding hydrogens is 370 g/mol. The van der Waals surface area contributed by atoms with Crippen molar-refractivity contribution in [3.05, 3.63) is 70.3 Å². The Hall–Kier alpha value is -2.38. The minimum atomic E-state index is -1.25. The van der Waals surface area contributed by atoms with Crippen LogP contribution in [0.15, 0.2) is 63.2 Å². The molecule has 0 aliphatic carbocycles. The van der Waals surface area contributed by atoms with Gasteiger partial charge in [-0.3, -0.25) is 9.00 Å². The molecule has 0 radical (unpaired) electrons. The quantitative estimate of drug-likeness (QED) is 0.639. The Kier molecular flexibility index (Phi) is 6.25. The topological polar surface area (TPSA) is 68.5 Å². The summed E-state index contributed by atoms with van der Waals surface area (Å²) < 4.78 is 23.0. The lowest BCUT2D eigenvalue weighted by Gasteiger charge is -2.03. The third-order valence-electron chi connectivity index (χ3n) is 3.72. The molecule has 1 N–H and O–H groups in total. The fourth-order valence-electron chi connectivity index (χ4n) is 2.36. The maximum Gasteiger partial charge on any atom is 0.287 e. The lowest BCUT2D eigenvalue weighted by Crippen LogP contribution is -2.25. The van der Waals surface area contributed by atoms with Crippen molar-refractivity contribution >= 4 is 28.0 Å². The van der Waals surface area contributed by atoms with Crippen LogP contribution in [-0.4, -0.2) is 23.8 Å². The Morgan fingerprint density at radius 3 is 2.69 bits per heavy atom. The first-order chi connectivity index (χ1) is 12.7. The fraction of sp³-hybridized carbons (Fsp3) is 0.211. The highest BCUT2D eigenvalue weighted by atomic mass is 32.2. The lowest BCUT2D eigenvalue weighted by atomic mass is 10.3. The van der Waals surface area contributed by atoms with Gasteiger partial charge in [0.05, 0.1) is 23.7 Å². The lowest BCUT2D eigenvalue weighted by molar-refractivity contribution is 0.0925. The van der Waals surface area contributed by atoms with Crippen LogP contribution in [0.1, 0.15) is 21.2 Å². The smallest absolute Gasteiger partial charge is 0.287 e. The molecule has 1 amide bonds. The molecule has 0 spiro atoms. The zero-order valence-corrected chi connectivity index (χ0v) is 15.9. The maximum atomic E-state index is 12.4. The Labute approximate surface area is 158 Å². The number of thiophene rings is 1. The number of ether oxygens (including phenoxy) is 1. The number of amides is 1. The minimum absolute atomic E-state index is 0.217. The first-order valence-electron chi connectivity index (χ1n) is 8.07. The van der Waals surface area contributed by atoms with Gasteiger partial charge in [-0.25, -0.2) is 0 Å². The van der Waals surface area contributed by atoms with Crippen molar-refractivity contribution in [2.75, 3.05) is 13.7 Å². The van der Waals surface area contributed by atoms with Crippen LogP contribution >= 0.6 is 11.3 Å². The van der Waals surface area contributed by atoms with Gasteiger partial charge >= 0.3 is 0 Å². The number of hydrogen-bond acceptors (Lipinski definition) is 5. The Morgan fingerprint density at radius 2 is 2.00 bits per heavy atom. The van der Waals surface area contributed by atoms with Gasteiger partial charge < -0.3 is 14.5 Å². The van der Waals surface area contributed by atoms with Crippen LogP contribution in [0.3, 0.4) is 0 Å². The third kappa shape index (κ3) is 4.83. The van der Waals surface area contributed by atoms with E-state index in [-0.39, 0.29) is 17.4 Å². The Balaban J connectivity index is 1.53. The standard InChI is InChI=1S/C19H19NO4S2/c1-23-14-4-7-17(8-5-14)26(22)13-15-6-9-18(24-15)19(21)20-11-10-16-3-2-12-25-16/h2-9,12H,10-11,13H2,1H3,(H,20,21)/t26-/m1/s1. The van der Waals surface area contributed by atoms with Crippen LogP contribution in [-0.2, 0) is 23.0 Å². The summed E-state index contributed by atoms with van der Waals surface area (Å²) in [6, 6.07) is 14.4. The minimum Gasteiger partial charge on any atom is -0.497 e. The van der Waals surface area contributed by atoms with Crippen LogP contribution in [0.4, 0.5) is 0 Å². The van der Waals surface area contributed by atoms with E-state index in [2.05, 4.69) is 5.32 Å². The van der Waals surface area contributed by atoms with Gasteiger partial charge in [-0.2, -0.15) is 0 Å². The van der Waals surface area contributed by atoms with E-state index in [0.717, 1.165) is 6.42 Å². The van der Waals surface area contributed by atoms with E-state index in [9.17, 15) is 9.00 Å². The molecule has 2 aromatic heterocycles. The summed E-state index contributed by atoms with van der Waals surface area (Å²) in [5.74, 6) is 1.42. The van der Waals surface area contributed by atoms with Crippen LogP contribution in [0.25, 0.3) is 0 Å². The molecule has 0 fully saturated rings. The second-order valence-electron chi connectivity index (χ2n) is 5.52. The number of benzene rings is 1. The molecular formula is C19H19NO4S2. The number of hydrogen-bond donors (Lipinski definition) is 1. The van der Waals surface area contributed by atoms with E-state index < -0.39 is 10.8 Å². The largest absolute Gasteiger partial charge is 0.497 e. The van der Waals surface area contributed by atoms with Crippen LogP contribution < -0.4 is 10.1 Å². The normalized spacial score (nSPS) is 11.9. The summed E-state index contributed by atoms with van der Waals surface area (Å²) in [4.78, 5) is 14.0. The molecule has 3 rings (SSSR count). The highest BCUT2D eigenvalue weighted by Crippen LogP contribution is 2.18. The second kappa shape index (κ2) is 8.82. The maximum absolute atomic E-state index is 12.4. The number of nitrogens with one attached hydrogen (secondary N) is 1. The first kappa shape index (κ1) is 18.4. The molecule has 1 atom stereocenters. The van der Waals surface area contributed by atoms with Crippen molar-refractivity contribution < 1.29 is 18.2 Å². The number of carbonyl (C=O) groups excluding carboxylic acids is 1. The van der Waals surface area contributed by atoms with E-state index in [1.54, 1.807) is 54.8 Å². The van der Waals surface area contributed by atoms with E-state index in [0.29, 0.717) is 22.9 Å². The molecule has 2 heterocycles. The fourth-order valence-corrected chi connectivity index (χ4v) is 4.09. The molecule has 0 bridgehead atoms. The van der Waals surface area contributed by atoms with Gasteiger partial charge in [-0.1, -0.05) is 6.07 Å². The summed E-state index contributed by atoms with van der Waals surface area (Å²) in [6.45, 7) is 0.549. The summed E-state index contributed by atoms with van der Waals surface area (Å²) in [5, 5.41) is 4.85. The number of methoxy groups -OCH3 is 1. The van der Waals surface area contributed by atoms with Crippen LogP contribution in [0, 0.1) is 0 Å². The number of carbonyl (C=O) groups is 1. The molecule has 0 aliphatic rings. The zero-order valence-electron chi connectivity index (χ0n) is 14.3. The van der Waals surface area contributed by atoms with Crippen molar-refractivity contribution in [3.8, 4) is 5.75 Å². The first-order valence-corrected chi connectivity index (χ1v) is 10.3. The van der Waals surface area contributed by atoms with Gasteiger partial charge in [0.15, 0.2) is 5.76 Å². The van der Waals surface area contributed by atoms with Crippen molar-refractivity contribution in [1.29, 1.82) is 0 Å². The molecule has 0 aliphatic heterocycles. The summed E-state index contributed by atoms with van der Waals surface area (Å²) in [7, 11) is 0.335. The monoisotopic (exact) mass is 389 g/mol. The average Bonchev–Trinajstić information content (AvgIpc) is 3.34. The van der Waals surface area contributed by atoms with Gasteiger partial charge in [0.25, 0.3) is 5.91 Å². The van der Waals surface area contributed by atoms with E-state index in [1.165, 1.54) is 4.88 Å².